The van der Waals surface area contributed by atoms with E-state index in [2.05, 4.69) is 19.2 Å². The van der Waals surface area contributed by atoms with Gasteiger partial charge in [0.2, 0.25) is 5.91 Å². The third kappa shape index (κ3) is 4.18. The van der Waals surface area contributed by atoms with Crippen LogP contribution in [0, 0.1) is 6.92 Å². The first-order valence-corrected chi connectivity index (χ1v) is 12.7. The summed E-state index contributed by atoms with van der Waals surface area (Å²) < 4.78 is 1.56. The van der Waals surface area contributed by atoms with Gasteiger partial charge < -0.3 is 5.32 Å². The van der Waals surface area contributed by atoms with E-state index >= 15 is 0 Å². The van der Waals surface area contributed by atoms with Gasteiger partial charge in [0, 0.05) is 16.1 Å². The molecule has 0 unspecified atom stereocenters. The van der Waals surface area contributed by atoms with Crippen molar-refractivity contribution in [3.8, 4) is 11.4 Å². The van der Waals surface area contributed by atoms with Gasteiger partial charge >= 0.3 is 0 Å². The number of thiophene rings is 1. The third-order valence-electron chi connectivity index (χ3n) is 6.51. The molecule has 6 heteroatoms. The smallest absolute Gasteiger partial charge is 0.263 e. The zero-order valence-corrected chi connectivity index (χ0v) is 20.7. The van der Waals surface area contributed by atoms with E-state index in [1.165, 1.54) is 4.88 Å². The minimum Gasteiger partial charge on any atom is -0.324 e. The number of aromatic nitrogens is 2. The average Bonchev–Trinajstić information content (AvgIpc) is 3.19. The highest BCUT2D eigenvalue weighted by Crippen LogP contribution is 2.35. The van der Waals surface area contributed by atoms with Crippen LogP contribution in [-0.2, 0) is 24.2 Å². The number of carbonyl (C=O) groups excluding carboxylic acids is 1. The number of rotatable bonds is 5. The Morgan fingerprint density at radius 2 is 1.91 bits per heavy atom. The summed E-state index contributed by atoms with van der Waals surface area (Å²) in [6.07, 6.45) is 4.15. The van der Waals surface area contributed by atoms with Crippen molar-refractivity contribution >= 4 is 33.1 Å². The number of aryl methyl sites for hydroxylation is 3. The highest BCUT2D eigenvalue weighted by Gasteiger charge is 2.23. The van der Waals surface area contributed by atoms with Gasteiger partial charge in [0.25, 0.3) is 5.56 Å². The van der Waals surface area contributed by atoms with Crippen molar-refractivity contribution in [3.63, 3.8) is 0 Å². The normalized spacial score (nSPS) is 13.3. The lowest BCUT2D eigenvalue weighted by Gasteiger charge is -2.16. The van der Waals surface area contributed by atoms with Gasteiger partial charge in [-0.15, -0.1) is 11.3 Å². The zero-order valence-electron chi connectivity index (χ0n) is 19.9. The Hall–Kier alpha value is -3.25. The fourth-order valence-corrected chi connectivity index (χ4v) is 6.09. The van der Waals surface area contributed by atoms with Crippen molar-refractivity contribution < 1.29 is 4.79 Å². The number of para-hydroxylation sites is 1. The van der Waals surface area contributed by atoms with Crippen LogP contribution in [0.25, 0.3) is 21.6 Å². The number of hydrogen-bond acceptors (Lipinski definition) is 4. The maximum atomic E-state index is 13.9. The summed E-state index contributed by atoms with van der Waals surface area (Å²) in [5, 5.41) is 3.74. The van der Waals surface area contributed by atoms with E-state index in [1.54, 1.807) is 15.9 Å². The Labute approximate surface area is 203 Å². The molecule has 2 aromatic carbocycles. The van der Waals surface area contributed by atoms with Crippen LogP contribution >= 0.6 is 11.3 Å². The van der Waals surface area contributed by atoms with Gasteiger partial charge in [-0.05, 0) is 61.8 Å². The number of carbonyl (C=O) groups is 1. The van der Waals surface area contributed by atoms with E-state index in [1.807, 2.05) is 55.5 Å². The van der Waals surface area contributed by atoms with Crippen LogP contribution in [0.3, 0.4) is 0 Å². The first kappa shape index (κ1) is 22.5. The van der Waals surface area contributed by atoms with Crippen LogP contribution in [0.15, 0.2) is 53.3 Å². The predicted molar refractivity (Wildman–Crippen MR) is 140 cm³/mol. The lowest BCUT2D eigenvalue weighted by Crippen LogP contribution is -2.30. The molecule has 1 aliphatic rings. The highest BCUT2D eigenvalue weighted by molar-refractivity contribution is 7.18. The predicted octanol–water partition coefficient (Wildman–Crippen LogP) is 6.07. The Bertz CT molecular complexity index is 1450. The molecule has 5 rings (SSSR count). The quantitative estimate of drug-likeness (QED) is 0.384. The number of nitrogens with zero attached hydrogens (tertiary/aromatic N) is 2. The molecule has 0 aliphatic heterocycles. The molecule has 0 bridgehead atoms. The van der Waals surface area contributed by atoms with Gasteiger partial charge in [0.15, 0.2) is 0 Å². The van der Waals surface area contributed by atoms with Gasteiger partial charge in [0.1, 0.15) is 17.2 Å². The fourth-order valence-electron chi connectivity index (χ4n) is 4.84. The van der Waals surface area contributed by atoms with Crippen LogP contribution in [0.1, 0.15) is 54.2 Å². The lowest BCUT2D eigenvalue weighted by atomic mass is 9.97. The number of amides is 1. The number of anilines is 1. The molecule has 2 aromatic heterocycles. The second-order valence-electron chi connectivity index (χ2n) is 9.38. The zero-order chi connectivity index (χ0) is 23.8. The molecule has 2 heterocycles. The maximum Gasteiger partial charge on any atom is 0.263 e. The second kappa shape index (κ2) is 9.18. The summed E-state index contributed by atoms with van der Waals surface area (Å²) in [5.74, 6) is 0.596. The molecule has 0 atom stereocenters. The van der Waals surface area contributed by atoms with Crippen molar-refractivity contribution in [2.75, 3.05) is 5.32 Å². The Morgan fingerprint density at radius 3 is 2.71 bits per heavy atom. The molecule has 0 saturated heterocycles. The summed E-state index contributed by atoms with van der Waals surface area (Å²) in [6, 6.07) is 15.8. The van der Waals surface area contributed by atoms with Crippen LogP contribution in [0.2, 0.25) is 0 Å². The van der Waals surface area contributed by atoms with E-state index in [-0.39, 0.29) is 23.9 Å². The molecule has 1 amide bonds. The SMILES string of the molecule is Cc1cccc(-c2nc3sc4c(c3c(=O)n2CC(=O)Nc2ccccc2C(C)C)CCCC4)c1. The molecule has 0 saturated carbocycles. The van der Waals surface area contributed by atoms with Crippen molar-refractivity contribution in [1.29, 1.82) is 0 Å². The van der Waals surface area contributed by atoms with E-state index in [0.717, 1.165) is 58.5 Å². The second-order valence-corrected chi connectivity index (χ2v) is 10.5. The Balaban J connectivity index is 1.61. The maximum absolute atomic E-state index is 13.9. The number of hydrogen-bond donors (Lipinski definition) is 1. The van der Waals surface area contributed by atoms with Crippen molar-refractivity contribution in [2.24, 2.45) is 0 Å². The molecule has 0 radical (unpaired) electrons. The van der Waals surface area contributed by atoms with Crippen LogP contribution in [0.4, 0.5) is 5.69 Å². The Kier molecular flexibility index (Phi) is 6.09. The van der Waals surface area contributed by atoms with E-state index in [4.69, 9.17) is 4.98 Å². The third-order valence-corrected chi connectivity index (χ3v) is 7.70. The lowest BCUT2D eigenvalue weighted by molar-refractivity contribution is -0.116. The van der Waals surface area contributed by atoms with E-state index in [9.17, 15) is 9.59 Å². The molecule has 174 valence electrons. The average molecular weight is 472 g/mol. The van der Waals surface area contributed by atoms with Crippen molar-refractivity contribution in [3.05, 3.63) is 80.5 Å². The van der Waals surface area contributed by atoms with Crippen LogP contribution in [0.5, 0.6) is 0 Å². The summed E-state index contributed by atoms with van der Waals surface area (Å²) in [4.78, 5) is 34.1. The topological polar surface area (TPSA) is 64.0 Å². The molecule has 1 N–H and O–H groups in total. The van der Waals surface area contributed by atoms with Crippen molar-refractivity contribution in [2.45, 2.75) is 58.9 Å². The van der Waals surface area contributed by atoms with E-state index < -0.39 is 0 Å². The van der Waals surface area contributed by atoms with Gasteiger partial charge in [-0.1, -0.05) is 55.8 Å². The Morgan fingerprint density at radius 1 is 1.12 bits per heavy atom. The first-order chi connectivity index (χ1) is 16.4. The summed E-state index contributed by atoms with van der Waals surface area (Å²) in [7, 11) is 0. The van der Waals surface area contributed by atoms with Crippen molar-refractivity contribution in [1.82, 2.24) is 9.55 Å². The molecule has 0 fully saturated rings. The van der Waals surface area contributed by atoms with Gasteiger partial charge in [-0.25, -0.2) is 4.98 Å². The standard InChI is InChI=1S/C28H29N3O2S/c1-17(2)20-11-4-6-13-22(20)29-24(32)16-31-26(19-10-8-9-18(3)15-19)30-27-25(28(31)33)21-12-5-7-14-23(21)34-27/h4,6,8-11,13,15,17H,5,7,12,14,16H2,1-3H3,(H,29,32). The minimum absolute atomic E-state index is 0.0813. The molecule has 34 heavy (non-hydrogen) atoms. The number of benzene rings is 2. The molecular formula is C28H29N3O2S. The molecule has 5 nitrogen and oxygen atoms in total. The first-order valence-electron chi connectivity index (χ1n) is 11.9. The fraction of sp³-hybridized carbons (Fsp3) is 0.321. The summed E-state index contributed by atoms with van der Waals surface area (Å²) in [5.41, 5.74) is 4.81. The molecule has 1 aliphatic carbocycles. The highest BCUT2D eigenvalue weighted by atomic mass is 32.1. The van der Waals surface area contributed by atoms with Crippen LogP contribution in [-0.4, -0.2) is 15.5 Å². The van der Waals surface area contributed by atoms with E-state index in [0.29, 0.717) is 11.2 Å². The molecular weight excluding hydrogens is 442 g/mol. The molecule has 4 aromatic rings. The summed E-state index contributed by atoms with van der Waals surface area (Å²) >= 11 is 1.64. The monoisotopic (exact) mass is 471 g/mol. The summed E-state index contributed by atoms with van der Waals surface area (Å²) in [6.45, 7) is 6.14. The van der Waals surface area contributed by atoms with Gasteiger partial charge in [-0.3, -0.25) is 14.2 Å². The van der Waals surface area contributed by atoms with Crippen LogP contribution < -0.4 is 10.9 Å². The molecule has 0 spiro atoms. The van der Waals surface area contributed by atoms with Gasteiger partial charge in [0.05, 0.1) is 5.39 Å². The largest absolute Gasteiger partial charge is 0.324 e. The number of fused-ring (bicyclic) bond motifs is 3. The van der Waals surface area contributed by atoms with Gasteiger partial charge in [-0.2, -0.15) is 0 Å². The number of nitrogens with one attached hydrogen (secondary N) is 1. The minimum atomic E-state index is -0.227.